The van der Waals surface area contributed by atoms with E-state index >= 15 is 0 Å². The van der Waals surface area contributed by atoms with Crippen LogP contribution in [0.5, 0.6) is 0 Å². The summed E-state index contributed by atoms with van der Waals surface area (Å²) in [7, 11) is 0. The Balaban J connectivity index is 2.93. The van der Waals surface area contributed by atoms with Gasteiger partial charge in [0, 0.05) is 0 Å². The molecule has 0 bridgehead atoms. The van der Waals surface area contributed by atoms with Crippen LogP contribution in [0.2, 0.25) is 5.02 Å². The molecule has 0 radical (unpaired) electrons. The monoisotopic (exact) mass is 227 g/mol. The lowest BCUT2D eigenvalue weighted by atomic mass is 10.1. The molecule has 0 fully saturated rings. The molecule has 5 N–H and O–H groups in total. The highest BCUT2D eigenvalue weighted by Crippen LogP contribution is 2.29. The third-order valence-electron chi connectivity index (χ3n) is 2.02. The number of anilines is 1. The molecule has 0 spiro atoms. The average Bonchev–Trinajstić information content (AvgIpc) is 2.52. The van der Waals surface area contributed by atoms with E-state index in [2.05, 4.69) is 9.97 Å². The number of aromatic nitrogens is 2. The predicted molar refractivity (Wildman–Crippen MR) is 55.3 cm³/mol. The van der Waals surface area contributed by atoms with Crippen molar-refractivity contribution >= 4 is 34.3 Å². The number of aromatic amines is 2. The van der Waals surface area contributed by atoms with Gasteiger partial charge >= 0.3 is 11.7 Å². The Bertz CT molecular complexity index is 613. The van der Waals surface area contributed by atoms with Crippen LogP contribution in [0.4, 0.5) is 5.69 Å². The van der Waals surface area contributed by atoms with Crippen molar-refractivity contribution < 1.29 is 9.90 Å². The largest absolute Gasteiger partial charge is 0.478 e. The zero-order valence-corrected chi connectivity index (χ0v) is 8.05. The van der Waals surface area contributed by atoms with E-state index in [0.717, 1.165) is 0 Å². The Morgan fingerprint density at radius 1 is 1.47 bits per heavy atom. The summed E-state index contributed by atoms with van der Waals surface area (Å²) in [5.41, 5.74) is 5.47. The maximum atomic E-state index is 11.0. The molecule has 0 unspecified atom stereocenters. The molecule has 7 heteroatoms. The zero-order chi connectivity index (χ0) is 11.2. The summed E-state index contributed by atoms with van der Waals surface area (Å²) in [4.78, 5) is 26.6. The summed E-state index contributed by atoms with van der Waals surface area (Å²) >= 11 is 5.81. The topological polar surface area (TPSA) is 112 Å². The number of fused-ring (bicyclic) bond motifs is 1. The quantitative estimate of drug-likeness (QED) is 0.540. The van der Waals surface area contributed by atoms with Gasteiger partial charge in [0.2, 0.25) is 0 Å². The van der Waals surface area contributed by atoms with Gasteiger partial charge < -0.3 is 20.8 Å². The Morgan fingerprint density at radius 3 is 2.73 bits per heavy atom. The first-order valence-corrected chi connectivity index (χ1v) is 4.31. The summed E-state index contributed by atoms with van der Waals surface area (Å²) in [5.74, 6) is -1.20. The van der Waals surface area contributed by atoms with Crippen LogP contribution in [0.1, 0.15) is 10.4 Å². The van der Waals surface area contributed by atoms with E-state index in [-0.39, 0.29) is 16.3 Å². The van der Waals surface area contributed by atoms with Gasteiger partial charge in [0.1, 0.15) is 0 Å². The van der Waals surface area contributed by atoms with Gasteiger partial charge in [0.25, 0.3) is 0 Å². The SMILES string of the molecule is Nc1c(C(=O)O)cc2[nH]c(=O)[nH]c2c1Cl. The van der Waals surface area contributed by atoms with Gasteiger partial charge in [-0.05, 0) is 6.07 Å². The van der Waals surface area contributed by atoms with Crippen molar-refractivity contribution in [3.8, 4) is 0 Å². The molecule has 0 saturated heterocycles. The third-order valence-corrected chi connectivity index (χ3v) is 2.41. The first-order valence-electron chi connectivity index (χ1n) is 3.94. The smallest absolute Gasteiger partial charge is 0.337 e. The van der Waals surface area contributed by atoms with Crippen molar-refractivity contribution in [2.75, 3.05) is 5.73 Å². The van der Waals surface area contributed by atoms with E-state index in [1.54, 1.807) is 0 Å². The maximum absolute atomic E-state index is 11.0. The highest BCUT2D eigenvalue weighted by molar-refractivity contribution is 6.38. The molecule has 6 nitrogen and oxygen atoms in total. The molecule has 0 aliphatic rings. The van der Waals surface area contributed by atoms with E-state index < -0.39 is 11.7 Å². The van der Waals surface area contributed by atoms with Gasteiger partial charge in [0.05, 0.1) is 27.3 Å². The van der Waals surface area contributed by atoms with E-state index in [1.807, 2.05) is 0 Å². The summed E-state index contributed by atoms with van der Waals surface area (Å²) in [6, 6.07) is 1.26. The van der Waals surface area contributed by atoms with E-state index in [9.17, 15) is 9.59 Å². The Hall–Kier alpha value is -1.95. The second-order valence-electron chi connectivity index (χ2n) is 2.96. The average molecular weight is 228 g/mol. The van der Waals surface area contributed by atoms with E-state index in [0.29, 0.717) is 11.0 Å². The van der Waals surface area contributed by atoms with Crippen molar-refractivity contribution in [3.05, 3.63) is 27.1 Å². The molecule has 1 heterocycles. The molecule has 0 aliphatic heterocycles. The number of nitrogens with two attached hydrogens (primary N) is 1. The molecule has 78 valence electrons. The minimum Gasteiger partial charge on any atom is -0.478 e. The van der Waals surface area contributed by atoms with Crippen molar-refractivity contribution in [1.82, 2.24) is 9.97 Å². The maximum Gasteiger partial charge on any atom is 0.337 e. The molecular weight excluding hydrogens is 222 g/mol. The molecular formula is C8H6ClN3O3. The summed E-state index contributed by atoms with van der Waals surface area (Å²) in [6.07, 6.45) is 0. The van der Waals surface area contributed by atoms with Gasteiger partial charge in [0.15, 0.2) is 0 Å². The number of carboxylic acids is 1. The van der Waals surface area contributed by atoms with Gasteiger partial charge in [-0.25, -0.2) is 9.59 Å². The van der Waals surface area contributed by atoms with Crippen LogP contribution in [0, 0.1) is 0 Å². The Morgan fingerprint density at radius 2 is 2.13 bits per heavy atom. The Kier molecular flexibility index (Phi) is 1.94. The summed E-state index contributed by atoms with van der Waals surface area (Å²) in [5, 5.41) is 8.85. The van der Waals surface area contributed by atoms with Crippen molar-refractivity contribution in [2.24, 2.45) is 0 Å². The van der Waals surface area contributed by atoms with Crippen LogP contribution < -0.4 is 11.4 Å². The van der Waals surface area contributed by atoms with E-state index in [4.69, 9.17) is 22.4 Å². The molecule has 0 aliphatic carbocycles. The second-order valence-corrected chi connectivity index (χ2v) is 3.34. The van der Waals surface area contributed by atoms with Crippen molar-refractivity contribution in [3.63, 3.8) is 0 Å². The third kappa shape index (κ3) is 1.35. The van der Waals surface area contributed by atoms with Crippen LogP contribution >= 0.6 is 11.6 Å². The van der Waals surface area contributed by atoms with Crippen LogP contribution in [-0.4, -0.2) is 21.0 Å². The molecule has 0 atom stereocenters. The minimum absolute atomic E-state index is 0.0308. The number of carboxylic acid groups (broad SMARTS) is 1. The van der Waals surface area contributed by atoms with Gasteiger partial charge in [-0.2, -0.15) is 0 Å². The van der Waals surface area contributed by atoms with Gasteiger partial charge in [-0.1, -0.05) is 11.6 Å². The minimum atomic E-state index is -1.20. The summed E-state index contributed by atoms with van der Waals surface area (Å²) < 4.78 is 0. The number of benzene rings is 1. The standard InChI is InChI=1S/C8H6ClN3O3/c9-4-5(10)2(7(13)14)1-3-6(4)12-8(15)11-3/h1H,10H2,(H,13,14)(H2,11,12,15). The summed E-state index contributed by atoms with van der Waals surface area (Å²) in [6.45, 7) is 0. The van der Waals surface area contributed by atoms with E-state index in [1.165, 1.54) is 6.07 Å². The number of aromatic carboxylic acids is 1. The fraction of sp³-hybridized carbons (Fsp3) is 0. The van der Waals surface area contributed by atoms with Crippen LogP contribution in [0.3, 0.4) is 0 Å². The second kappa shape index (κ2) is 3.03. The molecule has 15 heavy (non-hydrogen) atoms. The zero-order valence-electron chi connectivity index (χ0n) is 7.30. The fourth-order valence-electron chi connectivity index (χ4n) is 1.33. The number of nitrogen functional groups attached to an aromatic ring is 1. The molecule has 0 saturated carbocycles. The number of hydrogen-bond acceptors (Lipinski definition) is 3. The molecule has 1 aromatic carbocycles. The van der Waals surface area contributed by atoms with Gasteiger partial charge in [-0.3, -0.25) is 0 Å². The number of nitrogens with one attached hydrogen (secondary N) is 2. The first kappa shape index (κ1) is 9.60. The predicted octanol–water partition coefficient (Wildman–Crippen LogP) is 0.790. The number of hydrogen-bond donors (Lipinski definition) is 4. The fourth-order valence-corrected chi connectivity index (χ4v) is 1.58. The number of imidazole rings is 1. The molecule has 2 rings (SSSR count). The number of H-pyrrole nitrogens is 2. The van der Waals surface area contributed by atoms with Crippen LogP contribution in [0.25, 0.3) is 11.0 Å². The number of rotatable bonds is 1. The molecule has 0 amide bonds. The van der Waals surface area contributed by atoms with Crippen LogP contribution in [-0.2, 0) is 0 Å². The number of carbonyl (C=O) groups is 1. The molecule has 2 aromatic rings. The molecule has 1 aromatic heterocycles. The lowest BCUT2D eigenvalue weighted by Crippen LogP contribution is -2.03. The Labute approximate surface area is 87.7 Å². The van der Waals surface area contributed by atoms with Crippen molar-refractivity contribution in [1.29, 1.82) is 0 Å². The lowest BCUT2D eigenvalue weighted by molar-refractivity contribution is 0.0698. The lowest BCUT2D eigenvalue weighted by Gasteiger charge is -2.03. The highest BCUT2D eigenvalue weighted by atomic mass is 35.5. The first-order chi connectivity index (χ1) is 7.00. The van der Waals surface area contributed by atoms with Crippen molar-refractivity contribution in [2.45, 2.75) is 0 Å². The van der Waals surface area contributed by atoms with Crippen LogP contribution in [0.15, 0.2) is 10.9 Å². The number of halogens is 1. The highest BCUT2D eigenvalue weighted by Gasteiger charge is 2.15. The van der Waals surface area contributed by atoms with Gasteiger partial charge in [-0.15, -0.1) is 0 Å². The normalized spacial score (nSPS) is 10.7.